The molecule has 0 bridgehead atoms. The molecular weight excluding hydrogens is 460 g/mol. The first-order valence-electron chi connectivity index (χ1n) is 11.1. The highest BCUT2D eigenvalue weighted by Gasteiger charge is 2.16. The van der Waals surface area contributed by atoms with Gasteiger partial charge in [-0.1, -0.05) is 42.1 Å². The highest BCUT2D eigenvalue weighted by molar-refractivity contribution is 7.98. The van der Waals surface area contributed by atoms with Crippen LogP contribution < -0.4 is 15.0 Å². The van der Waals surface area contributed by atoms with E-state index < -0.39 is 0 Å². The molecule has 0 spiro atoms. The third kappa shape index (κ3) is 5.07. The van der Waals surface area contributed by atoms with Crippen molar-refractivity contribution in [2.24, 2.45) is 0 Å². The highest BCUT2D eigenvalue weighted by atomic mass is 32.2. The predicted octanol–water partition coefficient (Wildman–Crippen LogP) is 5.30. The van der Waals surface area contributed by atoms with Gasteiger partial charge >= 0.3 is 0 Å². The number of ether oxygens (including phenoxy) is 2. The van der Waals surface area contributed by atoms with Gasteiger partial charge in [-0.3, -0.25) is 9.36 Å². The second-order valence-corrected chi connectivity index (χ2v) is 8.97. The monoisotopic (exact) mass is 484 g/mol. The molecule has 0 fully saturated rings. The Labute approximate surface area is 206 Å². The van der Waals surface area contributed by atoms with Gasteiger partial charge < -0.3 is 14.5 Å². The van der Waals surface area contributed by atoms with Crippen molar-refractivity contribution in [1.82, 2.24) is 19.7 Å². The zero-order valence-corrected chi connectivity index (χ0v) is 20.2. The first-order valence-corrected chi connectivity index (χ1v) is 12.1. The molecule has 3 aromatic carbocycles. The Morgan fingerprint density at radius 2 is 1.77 bits per heavy atom. The molecule has 35 heavy (non-hydrogen) atoms. The van der Waals surface area contributed by atoms with Crippen molar-refractivity contribution in [3.8, 4) is 17.2 Å². The summed E-state index contributed by atoms with van der Waals surface area (Å²) in [6.07, 6.45) is 0. The van der Waals surface area contributed by atoms with Crippen molar-refractivity contribution in [3.05, 3.63) is 106 Å². The summed E-state index contributed by atoms with van der Waals surface area (Å²) in [5.41, 5.74) is 3.66. The lowest BCUT2D eigenvalue weighted by atomic mass is 10.1. The lowest BCUT2D eigenvalue weighted by Crippen LogP contribution is -2.07. The van der Waals surface area contributed by atoms with E-state index in [1.165, 1.54) is 11.8 Å². The molecule has 1 N–H and O–H groups in total. The van der Waals surface area contributed by atoms with Gasteiger partial charge in [-0.2, -0.15) is 0 Å². The number of aromatic nitrogens is 4. The molecule has 5 rings (SSSR count). The number of nitrogens with zero attached hydrogens (tertiary/aromatic N) is 3. The van der Waals surface area contributed by atoms with E-state index in [-0.39, 0.29) is 12.2 Å². The molecule has 8 heteroatoms. The first-order chi connectivity index (χ1) is 17.1. The molecule has 0 radical (unpaired) electrons. The average Bonchev–Trinajstić information content (AvgIpc) is 3.28. The molecule has 0 saturated carbocycles. The normalized spacial score (nSPS) is 11.0. The van der Waals surface area contributed by atoms with Crippen LogP contribution in [0.2, 0.25) is 0 Å². The van der Waals surface area contributed by atoms with Crippen molar-refractivity contribution >= 4 is 22.7 Å². The molecule has 176 valence electrons. The predicted molar refractivity (Wildman–Crippen MR) is 138 cm³/mol. The third-order valence-corrected chi connectivity index (χ3v) is 6.56. The smallest absolute Gasteiger partial charge is 0.248 e. The topological polar surface area (TPSA) is 82.0 Å². The number of nitrogens with one attached hydrogen (secondary N) is 1. The quantitative estimate of drug-likeness (QED) is 0.301. The highest BCUT2D eigenvalue weighted by Crippen LogP contribution is 2.29. The number of aryl methyl sites for hydroxylation is 1. The van der Waals surface area contributed by atoms with Crippen LogP contribution in [0.4, 0.5) is 0 Å². The fraction of sp³-hybridized carbons (Fsp3) is 0.148. The molecule has 2 aromatic heterocycles. The van der Waals surface area contributed by atoms with Crippen molar-refractivity contribution < 1.29 is 9.47 Å². The Morgan fingerprint density at radius 3 is 2.57 bits per heavy atom. The standard InChI is InChI=1S/C27H24N4O3S/c1-18-6-5-7-22(14-18)34-16-25-29-30-27(31(25)20-10-12-21(33-2)13-11-20)35-17-19-15-26(32)28-24-9-4-3-8-23(19)24/h3-15H,16-17H2,1-2H3,(H,28,32). The van der Waals surface area contributed by atoms with Crippen LogP contribution in [0.1, 0.15) is 17.0 Å². The Hall–Kier alpha value is -4.04. The van der Waals surface area contributed by atoms with Crippen LogP contribution in [0.5, 0.6) is 11.5 Å². The van der Waals surface area contributed by atoms with Crippen molar-refractivity contribution in [2.45, 2.75) is 24.4 Å². The minimum Gasteiger partial charge on any atom is -0.497 e. The van der Waals surface area contributed by atoms with Gasteiger partial charge in [-0.25, -0.2) is 0 Å². The maximum atomic E-state index is 12.2. The number of pyridine rings is 1. The molecule has 2 heterocycles. The Morgan fingerprint density at radius 1 is 0.943 bits per heavy atom. The van der Waals surface area contributed by atoms with Gasteiger partial charge in [-0.15, -0.1) is 10.2 Å². The van der Waals surface area contributed by atoms with E-state index in [0.29, 0.717) is 16.7 Å². The molecule has 0 amide bonds. The lowest BCUT2D eigenvalue weighted by Gasteiger charge is -2.12. The second kappa shape index (κ2) is 10.1. The number of hydrogen-bond acceptors (Lipinski definition) is 6. The number of benzene rings is 3. The summed E-state index contributed by atoms with van der Waals surface area (Å²) in [5, 5.41) is 10.6. The van der Waals surface area contributed by atoms with Crippen LogP contribution in [0, 0.1) is 6.92 Å². The zero-order chi connectivity index (χ0) is 24.2. The summed E-state index contributed by atoms with van der Waals surface area (Å²) in [6.45, 7) is 2.29. The Kier molecular flexibility index (Phi) is 6.54. The van der Waals surface area contributed by atoms with Gasteiger partial charge in [0.05, 0.1) is 7.11 Å². The number of para-hydroxylation sites is 1. The molecular formula is C27H24N4O3S. The summed E-state index contributed by atoms with van der Waals surface area (Å²) in [7, 11) is 1.64. The number of rotatable bonds is 8. The third-order valence-electron chi connectivity index (χ3n) is 5.58. The van der Waals surface area contributed by atoms with E-state index >= 15 is 0 Å². The molecule has 0 aliphatic rings. The van der Waals surface area contributed by atoms with E-state index in [4.69, 9.17) is 9.47 Å². The van der Waals surface area contributed by atoms with E-state index in [9.17, 15) is 4.79 Å². The zero-order valence-electron chi connectivity index (χ0n) is 19.4. The summed E-state index contributed by atoms with van der Waals surface area (Å²) in [6, 6.07) is 25.1. The van der Waals surface area contributed by atoms with Gasteiger partial charge in [-0.05, 0) is 60.5 Å². The number of methoxy groups -OCH3 is 1. The maximum absolute atomic E-state index is 12.2. The van der Waals surface area contributed by atoms with Crippen molar-refractivity contribution in [1.29, 1.82) is 0 Å². The molecule has 0 aliphatic carbocycles. The van der Waals surface area contributed by atoms with E-state index in [1.807, 2.05) is 84.3 Å². The fourth-order valence-electron chi connectivity index (χ4n) is 3.87. The van der Waals surface area contributed by atoms with E-state index in [0.717, 1.165) is 39.2 Å². The molecule has 0 unspecified atom stereocenters. The molecule has 0 saturated heterocycles. The van der Waals surface area contributed by atoms with E-state index in [1.54, 1.807) is 13.2 Å². The molecule has 5 aromatic rings. The van der Waals surface area contributed by atoms with Crippen molar-refractivity contribution in [2.75, 3.05) is 7.11 Å². The van der Waals surface area contributed by atoms with Gasteiger partial charge in [0.15, 0.2) is 11.0 Å². The number of aromatic amines is 1. The van der Waals surface area contributed by atoms with Gasteiger partial charge in [0, 0.05) is 28.4 Å². The number of thioether (sulfide) groups is 1. The first kappa shape index (κ1) is 22.7. The molecule has 7 nitrogen and oxygen atoms in total. The van der Waals surface area contributed by atoms with Gasteiger partial charge in [0.25, 0.3) is 0 Å². The Bertz CT molecular complexity index is 1530. The largest absolute Gasteiger partial charge is 0.497 e. The van der Waals surface area contributed by atoms with E-state index in [2.05, 4.69) is 15.2 Å². The lowest BCUT2D eigenvalue weighted by molar-refractivity contribution is 0.292. The number of hydrogen-bond donors (Lipinski definition) is 1. The molecule has 0 aliphatic heterocycles. The van der Waals surface area contributed by atoms with Crippen molar-refractivity contribution in [3.63, 3.8) is 0 Å². The average molecular weight is 485 g/mol. The Balaban J connectivity index is 1.46. The van der Waals surface area contributed by atoms with Crippen LogP contribution in [0.3, 0.4) is 0 Å². The summed E-state index contributed by atoms with van der Waals surface area (Å²) in [4.78, 5) is 15.1. The number of H-pyrrole nitrogens is 1. The summed E-state index contributed by atoms with van der Waals surface area (Å²) in [5.74, 6) is 2.79. The number of fused-ring (bicyclic) bond motifs is 1. The van der Waals surface area contributed by atoms with Crippen LogP contribution in [-0.2, 0) is 12.4 Å². The van der Waals surface area contributed by atoms with Gasteiger partial charge in [0.1, 0.15) is 18.1 Å². The van der Waals surface area contributed by atoms with Crippen LogP contribution in [-0.4, -0.2) is 26.9 Å². The summed E-state index contributed by atoms with van der Waals surface area (Å²) < 4.78 is 13.3. The van der Waals surface area contributed by atoms with Crippen LogP contribution in [0.25, 0.3) is 16.6 Å². The van der Waals surface area contributed by atoms with Crippen LogP contribution in [0.15, 0.2) is 88.8 Å². The summed E-state index contributed by atoms with van der Waals surface area (Å²) >= 11 is 1.52. The second-order valence-electron chi connectivity index (χ2n) is 8.03. The fourth-order valence-corrected chi connectivity index (χ4v) is 4.83. The minimum absolute atomic E-state index is 0.122. The minimum atomic E-state index is -0.122. The maximum Gasteiger partial charge on any atom is 0.248 e. The SMILES string of the molecule is COc1ccc(-n2c(COc3cccc(C)c3)nnc2SCc2cc(=O)[nH]c3ccccc23)cc1. The van der Waals surface area contributed by atoms with Crippen LogP contribution >= 0.6 is 11.8 Å². The van der Waals surface area contributed by atoms with Gasteiger partial charge in [0.2, 0.25) is 5.56 Å². The molecule has 0 atom stereocenters.